The van der Waals surface area contributed by atoms with Crippen LogP contribution in [-0.2, 0) is 10.1 Å². The summed E-state index contributed by atoms with van der Waals surface area (Å²) in [4.78, 5) is -0.0906. The number of rotatable bonds is 2. The van der Waals surface area contributed by atoms with Gasteiger partial charge in [0.25, 0.3) is 10.1 Å². The van der Waals surface area contributed by atoms with E-state index in [2.05, 4.69) is 0 Å². The molecular weight excluding hydrogens is 236 g/mol. The van der Waals surface area contributed by atoms with Crippen molar-refractivity contribution in [2.24, 2.45) is 0 Å². The van der Waals surface area contributed by atoms with E-state index in [9.17, 15) is 8.42 Å². The van der Waals surface area contributed by atoms with Gasteiger partial charge in [-0.15, -0.1) is 0 Å². The van der Waals surface area contributed by atoms with Gasteiger partial charge >= 0.3 is 0 Å². The first-order valence-electron chi connectivity index (χ1n) is 4.70. The molecule has 2 aromatic rings. The molecule has 0 bridgehead atoms. The van der Waals surface area contributed by atoms with Gasteiger partial charge < -0.3 is 0 Å². The summed E-state index contributed by atoms with van der Waals surface area (Å²) in [5.74, 6) is 0. The van der Waals surface area contributed by atoms with Crippen molar-refractivity contribution in [1.82, 2.24) is 0 Å². The summed E-state index contributed by atoms with van der Waals surface area (Å²) in [5.41, 5.74) is 1.91. The van der Waals surface area contributed by atoms with Gasteiger partial charge in [-0.3, -0.25) is 4.55 Å². The minimum absolute atomic E-state index is 0. The molecule has 0 saturated carbocycles. The molecule has 4 heteroatoms. The van der Waals surface area contributed by atoms with E-state index >= 15 is 0 Å². The Hall–Kier alpha value is -1.65. The van der Waals surface area contributed by atoms with E-state index in [1.807, 2.05) is 30.3 Å². The maximum absolute atomic E-state index is 10.8. The van der Waals surface area contributed by atoms with Gasteiger partial charge in [0.2, 0.25) is 0 Å². The lowest BCUT2D eigenvalue weighted by atomic mass is 10.1. The largest absolute Gasteiger partial charge is 0.294 e. The molecule has 0 amide bonds. The minimum atomic E-state index is -4.10. The second kappa shape index (κ2) is 5.12. The first-order chi connectivity index (χ1) is 7.57. The average molecular weight is 250 g/mol. The van der Waals surface area contributed by atoms with E-state index in [1.54, 1.807) is 12.1 Å². The van der Waals surface area contributed by atoms with Crippen molar-refractivity contribution in [3.63, 3.8) is 0 Å². The van der Waals surface area contributed by atoms with Gasteiger partial charge in [-0.05, 0) is 23.3 Å². The highest BCUT2D eigenvalue weighted by Gasteiger charge is 2.08. The topological polar surface area (TPSA) is 54.4 Å². The molecule has 0 atom stereocenters. The SMILES string of the molecule is C.O=S(=O)(O)c1ccc(-c2ccccc2)cc1. The zero-order valence-corrected chi connectivity index (χ0v) is 9.18. The highest BCUT2D eigenvalue weighted by molar-refractivity contribution is 7.85. The molecule has 0 unspecified atom stereocenters. The molecule has 1 N–H and O–H groups in total. The summed E-state index contributed by atoms with van der Waals surface area (Å²) in [6.07, 6.45) is 0. The summed E-state index contributed by atoms with van der Waals surface area (Å²) in [6, 6.07) is 15.7. The fraction of sp³-hybridized carbons (Fsp3) is 0.0769. The number of hydrogen-bond donors (Lipinski definition) is 1. The fourth-order valence-electron chi connectivity index (χ4n) is 1.45. The van der Waals surface area contributed by atoms with E-state index < -0.39 is 10.1 Å². The molecular formula is C13H14O3S. The van der Waals surface area contributed by atoms with Crippen molar-refractivity contribution >= 4 is 10.1 Å². The van der Waals surface area contributed by atoms with Crippen molar-refractivity contribution in [3.05, 3.63) is 54.6 Å². The summed E-state index contributed by atoms with van der Waals surface area (Å²) in [5, 5.41) is 0. The molecule has 0 spiro atoms. The van der Waals surface area contributed by atoms with Gasteiger partial charge in [0, 0.05) is 0 Å². The van der Waals surface area contributed by atoms with Crippen LogP contribution in [-0.4, -0.2) is 13.0 Å². The Bertz CT molecular complexity index is 572. The molecule has 0 fully saturated rings. The van der Waals surface area contributed by atoms with Crippen LogP contribution in [0.5, 0.6) is 0 Å². The molecule has 0 aliphatic heterocycles. The van der Waals surface area contributed by atoms with E-state index in [4.69, 9.17) is 4.55 Å². The van der Waals surface area contributed by atoms with Crippen LogP contribution in [0, 0.1) is 0 Å². The summed E-state index contributed by atoms with van der Waals surface area (Å²) < 4.78 is 30.5. The maximum atomic E-state index is 10.8. The molecule has 0 aliphatic rings. The third-order valence-corrected chi connectivity index (χ3v) is 3.13. The Balaban J connectivity index is 0.00000144. The number of hydrogen-bond acceptors (Lipinski definition) is 2. The standard InChI is InChI=1S/C12H10O3S.CH4/c13-16(14,15)12-8-6-11(7-9-12)10-4-2-1-3-5-10;/h1-9H,(H,13,14,15);1H4. The summed E-state index contributed by atoms with van der Waals surface area (Å²) in [7, 11) is -4.10. The van der Waals surface area contributed by atoms with Gasteiger partial charge in [-0.2, -0.15) is 8.42 Å². The molecule has 3 nitrogen and oxygen atoms in total. The Morgan fingerprint density at radius 2 is 1.24 bits per heavy atom. The van der Waals surface area contributed by atoms with Crippen LogP contribution >= 0.6 is 0 Å². The average Bonchev–Trinajstić information content (AvgIpc) is 2.29. The first-order valence-corrected chi connectivity index (χ1v) is 6.14. The Labute approximate surface area is 101 Å². The molecule has 0 radical (unpaired) electrons. The third-order valence-electron chi connectivity index (χ3n) is 2.26. The van der Waals surface area contributed by atoms with Crippen LogP contribution < -0.4 is 0 Å². The lowest BCUT2D eigenvalue weighted by molar-refractivity contribution is 0.483. The van der Waals surface area contributed by atoms with Crippen molar-refractivity contribution < 1.29 is 13.0 Å². The molecule has 0 heterocycles. The summed E-state index contributed by atoms with van der Waals surface area (Å²) >= 11 is 0. The van der Waals surface area contributed by atoms with Gasteiger partial charge in [0.15, 0.2) is 0 Å². The van der Waals surface area contributed by atoms with Crippen LogP contribution in [0.25, 0.3) is 11.1 Å². The summed E-state index contributed by atoms with van der Waals surface area (Å²) in [6.45, 7) is 0. The highest BCUT2D eigenvalue weighted by Crippen LogP contribution is 2.20. The van der Waals surface area contributed by atoms with Crippen LogP contribution in [0.2, 0.25) is 0 Å². The van der Waals surface area contributed by atoms with Gasteiger partial charge in [0.05, 0.1) is 4.90 Å². The van der Waals surface area contributed by atoms with E-state index in [1.165, 1.54) is 12.1 Å². The van der Waals surface area contributed by atoms with Gasteiger partial charge in [0.1, 0.15) is 0 Å². The lowest BCUT2D eigenvalue weighted by Crippen LogP contribution is -1.97. The Morgan fingerprint density at radius 3 is 1.71 bits per heavy atom. The Morgan fingerprint density at radius 1 is 0.765 bits per heavy atom. The third kappa shape index (κ3) is 3.15. The second-order valence-electron chi connectivity index (χ2n) is 3.37. The fourth-order valence-corrected chi connectivity index (χ4v) is 1.93. The molecule has 17 heavy (non-hydrogen) atoms. The van der Waals surface area contributed by atoms with Crippen molar-refractivity contribution in [3.8, 4) is 11.1 Å². The quantitative estimate of drug-likeness (QED) is 0.832. The minimum Gasteiger partial charge on any atom is -0.282 e. The highest BCUT2D eigenvalue weighted by atomic mass is 32.2. The van der Waals surface area contributed by atoms with Crippen molar-refractivity contribution in [1.29, 1.82) is 0 Å². The second-order valence-corrected chi connectivity index (χ2v) is 4.79. The van der Waals surface area contributed by atoms with Crippen LogP contribution in [0.3, 0.4) is 0 Å². The van der Waals surface area contributed by atoms with Crippen LogP contribution in [0.4, 0.5) is 0 Å². The lowest BCUT2D eigenvalue weighted by Gasteiger charge is -2.02. The molecule has 2 aromatic carbocycles. The molecule has 0 aliphatic carbocycles. The molecule has 0 saturated heterocycles. The molecule has 2 rings (SSSR count). The predicted molar refractivity (Wildman–Crippen MR) is 68.4 cm³/mol. The number of benzene rings is 2. The monoisotopic (exact) mass is 250 g/mol. The van der Waals surface area contributed by atoms with E-state index in [-0.39, 0.29) is 12.3 Å². The maximum Gasteiger partial charge on any atom is 0.294 e. The van der Waals surface area contributed by atoms with Crippen LogP contribution in [0.1, 0.15) is 7.43 Å². The van der Waals surface area contributed by atoms with E-state index in [0.717, 1.165) is 11.1 Å². The molecule has 90 valence electrons. The molecule has 0 aromatic heterocycles. The smallest absolute Gasteiger partial charge is 0.282 e. The normalized spacial score (nSPS) is 10.6. The van der Waals surface area contributed by atoms with Crippen molar-refractivity contribution in [2.45, 2.75) is 12.3 Å². The van der Waals surface area contributed by atoms with Gasteiger partial charge in [-0.25, -0.2) is 0 Å². The zero-order valence-electron chi connectivity index (χ0n) is 8.37. The zero-order chi connectivity index (χ0) is 11.6. The van der Waals surface area contributed by atoms with E-state index in [0.29, 0.717) is 0 Å². The van der Waals surface area contributed by atoms with Crippen molar-refractivity contribution in [2.75, 3.05) is 0 Å². The Kier molecular flexibility index (Phi) is 4.04. The van der Waals surface area contributed by atoms with Gasteiger partial charge in [-0.1, -0.05) is 49.9 Å². The van der Waals surface area contributed by atoms with Crippen LogP contribution in [0.15, 0.2) is 59.5 Å². The predicted octanol–water partition coefficient (Wildman–Crippen LogP) is 3.24. The first kappa shape index (κ1) is 13.4.